The van der Waals surface area contributed by atoms with Crippen LogP contribution >= 0.6 is 11.3 Å². The van der Waals surface area contributed by atoms with Crippen molar-refractivity contribution in [2.24, 2.45) is 0 Å². The van der Waals surface area contributed by atoms with E-state index in [1.54, 1.807) is 30.5 Å². The number of hydrazine groups is 1. The van der Waals surface area contributed by atoms with Crippen molar-refractivity contribution in [3.8, 4) is 0 Å². The largest absolute Gasteiger partial charge is 0.278 e. The topological polar surface area (TPSA) is 104 Å². The first-order valence-corrected chi connectivity index (χ1v) is 9.05. The fourth-order valence-electron chi connectivity index (χ4n) is 1.66. The quantitative estimate of drug-likeness (QED) is 0.712. The summed E-state index contributed by atoms with van der Waals surface area (Å²) >= 11 is 1.07. The van der Waals surface area contributed by atoms with E-state index < -0.39 is 15.9 Å². The first kappa shape index (κ1) is 17.0. The van der Waals surface area contributed by atoms with Crippen LogP contribution in [0.3, 0.4) is 0 Å². The second kappa shape index (κ2) is 7.25. The number of benzene rings is 1. The van der Waals surface area contributed by atoms with E-state index in [1.807, 2.05) is 0 Å². The van der Waals surface area contributed by atoms with Crippen molar-refractivity contribution in [1.82, 2.24) is 10.9 Å². The van der Waals surface area contributed by atoms with Gasteiger partial charge in [-0.15, -0.1) is 11.3 Å². The van der Waals surface area contributed by atoms with Gasteiger partial charge in [-0.2, -0.15) is 0 Å². The molecule has 122 valence electrons. The summed E-state index contributed by atoms with van der Waals surface area (Å²) in [6.07, 6.45) is 0.215. The Hall–Kier alpha value is -2.39. The van der Waals surface area contributed by atoms with Gasteiger partial charge in [0.25, 0.3) is 15.9 Å². The van der Waals surface area contributed by atoms with Crippen LogP contribution in [0.25, 0.3) is 0 Å². The maximum Gasteiger partial charge on any atom is 0.271 e. The molecule has 0 unspecified atom stereocenters. The van der Waals surface area contributed by atoms with Crippen LogP contribution in [0, 0.1) is 0 Å². The minimum atomic E-state index is -3.76. The summed E-state index contributed by atoms with van der Waals surface area (Å²) in [7, 11) is -3.76. The zero-order valence-electron chi connectivity index (χ0n) is 12.2. The van der Waals surface area contributed by atoms with Crippen LogP contribution in [0.1, 0.15) is 23.7 Å². The Bertz CT molecular complexity index is 801. The van der Waals surface area contributed by atoms with E-state index in [1.165, 1.54) is 18.2 Å². The first-order valence-electron chi connectivity index (χ1n) is 6.68. The molecule has 0 aliphatic carbocycles. The van der Waals surface area contributed by atoms with Gasteiger partial charge in [0.2, 0.25) is 5.91 Å². The zero-order chi connectivity index (χ0) is 16.9. The molecule has 0 saturated carbocycles. The molecule has 7 nitrogen and oxygen atoms in total. The number of sulfonamides is 1. The fraction of sp³-hybridized carbons (Fsp3) is 0.143. The average Bonchev–Trinajstić information content (AvgIpc) is 3.07. The number of carbonyl (C=O) groups is 2. The van der Waals surface area contributed by atoms with Crippen LogP contribution < -0.4 is 15.6 Å². The lowest BCUT2D eigenvalue weighted by Gasteiger charge is -2.12. The Morgan fingerprint density at radius 1 is 1.09 bits per heavy atom. The monoisotopic (exact) mass is 353 g/mol. The van der Waals surface area contributed by atoms with E-state index in [4.69, 9.17) is 0 Å². The molecule has 0 aliphatic rings. The Balaban J connectivity index is 2.21. The molecule has 0 atom stereocenters. The maximum absolute atomic E-state index is 12.2. The molecule has 0 fully saturated rings. The zero-order valence-corrected chi connectivity index (χ0v) is 13.8. The number of hydrogen-bond acceptors (Lipinski definition) is 5. The molecule has 9 heteroatoms. The number of anilines is 1. The van der Waals surface area contributed by atoms with Crippen LogP contribution in [0.15, 0.2) is 46.0 Å². The lowest BCUT2D eigenvalue weighted by Crippen LogP contribution is -2.41. The molecule has 2 rings (SSSR count). The van der Waals surface area contributed by atoms with Crippen molar-refractivity contribution in [3.05, 3.63) is 47.3 Å². The number of para-hydroxylation sites is 1. The second-order valence-electron chi connectivity index (χ2n) is 4.44. The van der Waals surface area contributed by atoms with Gasteiger partial charge in [0, 0.05) is 6.42 Å². The summed E-state index contributed by atoms with van der Waals surface area (Å²) < 4.78 is 27.0. The van der Waals surface area contributed by atoms with Crippen molar-refractivity contribution in [2.45, 2.75) is 17.6 Å². The van der Waals surface area contributed by atoms with Crippen LogP contribution in [0.4, 0.5) is 5.69 Å². The smallest absolute Gasteiger partial charge is 0.271 e. The minimum absolute atomic E-state index is 0.101. The summed E-state index contributed by atoms with van der Waals surface area (Å²) in [5.41, 5.74) is 4.70. The minimum Gasteiger partial charge on any atom is -0.278 e. The summed E-state index contributed by atoms with van der Waals surface area (Å²) in [6.45, 7) is 1.64. The standard InChI is InChI=1S/C14H15N3O4S2/c1-2-12(18)15-16-14(19)10-6-3-4-7-11(10)17-23(20,21)13-8-5-9-22-13/h3-9,17H,2H2,1H3,(H,15,18)(H,16,19). The number of hydrogen-bond donors (Lipinski definition) is 3. The van der Waals surface area contributed by atoms with Crippen molar-refractivity contribution in [2.75, 3.05) is 4.72 Å². The normalized spacial score (nSPS) is 10.8. The Morgan fingerprint density at radius 3 is 2.48 bits per heavy atom. The highest BCUT2D eigenvalue weighted by Crippen LogP contribution is 2.22. The molecule has 1 aromatic heterocycles. The van der Waals surface area contributed by atoms with Crippen molar-refractivity contribution in [1.29, 1.82) is 0 Å². The van der Waals surface area contributed by atoms with Gasteiger partial charge in [-0.3, -0.25) is 25.2 Å². The summed E-state index contributed by atoms with van der Waals surface area (Å²) in [5, 5.41) is 1.65. The van der Waals surface area contributed by atoms with Gasteiger partial charge >= 0.3 is 0 Å². The van der Waals surface area contributed by atoms with Gasteiger partial charge in [0.05, 0.1) is 11.3 Å². The van der Waals surface area contributed by atoms with Gasteiger partial charge in [0.1, 0.15) is 4.21 Å². The molecule has 1 aromatic carbocycles. The summed E-state index contributed by atoms with van der Waals surface area (Å²) in [4.78, 5) is 23.3. The van der Waals surface area contributed by atoms with Crippen LogP contribution in [0.2, 0.25) is 0 Å². The molecule has 0 saturated heterocycles. The Kier molecular flexibility index (Phi) is 5.35. The third-order valence-corrected chi connectivity index (χ3v) is 5.58. The van der Waals surface area contributed by atoms with Crippen LogP contribution in [-0.2, 0) is 14.8 Å². The number of amides is 2. The molecule has 0 radical (unpaired) electrons. The highest BCUT2D eigenvalue weighted by molar-refractivity contribution is 7.94. The lowest BCUT2D eigenvalue weighted by molar-refractivity contribution is -0.121. The molecule has 2 amide bonds. The molecular weight excluding hydrogens is 338 g/mol. The van der Waals surface area contributed by atoms with E-state index in [0.717, 1.165) is 11.3 Å². The van der Waals surface area contributed by atoms with Crippen molar-refractivity contribution >= 4 is 38.9 Å². The molecule has 0 spiro atoms. The SMILES string of the molecule is CCC(=O)NNC(=O)c1ccccc1NS(=O)(=O)c1cccs1. The van der Waals surface area contributed by atoms with Gasteiger partial charge in [-0.05, 0) is 23.6 Å². The predicted molar refractivity (Wildman–Crippen MR) is 87.5 cm³/mol. The predicted octanol–water partition coefficient (Wildman–Crippen LogP) is 1.72. The van der Waals surface area contributed by atoms with Gasteiger partial charge < -0.3 is 0 Å². The van der Waals surface area contributed by atoms with Crippen LogP contribution in [0.5, 0.6) is 0 Å². The third kappa shape index (κ3) is 4.30. The number of nitrogens with one attached hydrogen (secondary N) is 3. The molecule has 23 heavy (non-hydrogen) atoms. The van der Waals surface area contributed by atoms with Crippen molar-refractivity contribution < 1.29 is 18.0 Å². The highest BCUT2D eigenvalue weighted by Gasteiger charge is 2.19. The number of thiophene rings is 1. The molecule has 0 aliphatic heterocycles. The average molecular weight is 353 g/mol. The summed E-state index contributed by atoms with van der Waals surface area (Å²) in [6, 6.07) is 9.23. The van der Waals surface area contributed by atoms with Crippen LogP contribution in [-0.4, -0.2) is 20.2 Å². The van der Waals surface area contributed by atoms with Gasteiger partial charge in [-0.25, -0.2) is 8.42 Å². The number of rotatable bonds is 5. The van der Waals surface area contributed by atoms with E-state index in [-0.39, 0.29) is 27.8 Å². The van der Waals surface area contributed by atoms with E-state index in [2.05, 4.69) is 15.6 Å². The van der Waals surface area contributed by atoms with Gasteiger partial charge in [-0.1, -0.05) is 25.1 Å². The van der Waals surface area contributed by atoms with E-state index in [9.17, 15) is 18.0 Å². The first-order chi connectivity index (χ1) is 10.9. The maximum atomic E-state index is 12.2. The highest BCUT2D eigenvalue weighted by atomic mass is 32.2. The molecule has 1 heterocycles. The Morgan fingerprint density at radius 2 is 1.83 bits per heavy atom. The Labute approximate surface area is 137 Å². The molecular formula is C14H15N3O4S2. The fourth-order valence-corrected chi connectivity index (χ4v) is 3.74. The summed E-state index contributed by atoms with van der Waals surface area (Å²) in [5.74, 6) is -0.966. The van der Waals surface area contributed by atoms with E-state index in [0.29, 0.717) is 0 Å². The molecule has 2 aromatic rings. The number of carbonyl (C=O) groups excluding carboxylic acids is 2. The molecule has 3 N–H and O–H groups in total. The second-order valence-corrected chi connectivity index (χ2v) is 7.30. The van der Waals surface area contributed by atoms with Crippen molar-refractivity contribution in [3.63, 3.8) is 0 Å². The lowest BCUT2D eigenvalue weighted by atomic mass is 10.2. The third-order valence-electron chi connectivity index (χ3n) is 2.81. The molecule has 0 bridgehead atoms. The van der Waals surface area contributed by atoms with E-state index >= 15 is 0 Å². The van der Waals surface area contributed by atoms with Gasteiger partial charge in [0.15, 0.2) is 0 Å².